The summed E-state index contributed by atoms with van der Waals surface area (Å²) in [5.41, 5.74) is 3.11. The Morgan fingerprint density at radius 2 is 1.43 bits per heavy atom. The van der Waals surface area contributed by atoms with Crippen molar-refractivity contribution in [3.8, 4) is 0 Å². The second-order valence-corrected chi connectivity index (χ2v) is 6.18. The van der Waals surface area contributed by atoms with Gasteiger partial charge in [0.1, 0.15) is 0 Å². The number of hydrogen-bond acceptors (Lipinski definition) is 2. The molecule has 0 spiro atoms. The fourth-order valence-corrected chi connectivity index (χ4v) is 3.20. The van der Waals surface area contributed by atoms with Crippen molar-refractivity contribution in [1.29, 1.82) is 0 Å². The number of fused-ring (bicyclic) bond motifs is 1. The molecular weight excluding hydrogens is 258 g/mol. The summed E-state index contributed by atoms with van der Waals surface area (Å²) in [4.78, 5) is 2.38. The van der Waals surface area contributed by atoms with Crippen LogP contribution in [0.15, 0.2) is 54.6 Å². The summed E-state index contributed by atoms with van der Waals surface area (Å²) in [5, 5.41) is 10.8. The lowest BCUT2D eigenvalue weighted by Gasteiger charge is -2.31. The standard InChI is InChI=1S/C19H23NO/c1-19(21,18-9-3-2-4-10-18)15-20-13-11-16-7-5-6-8-17(16)12-14-20/h2-10,21H,11-15H2,1H3. The predicted octanol–water partition coefficient (Wildman–Crippen LogP) is 2.99. The SMILES string of the molecule is CC(O)(CN1CCc2ccccc2CC1)c1ccccc1. The zero-order chi connectivity index (χ0) is 14.7. The molecule has 2 heteroatoms. The Morgan fingerprint density at radius 1 is 0.905 bits per heavy atom. The zero-order valence-corrected chi connectivity index (χ0v) is 12.6. The molecule has 1 N–H and O–H groups in total. The summed E-state index contributed by atoms with van der Waals surface area (Å²) in [6.45, 7) is 4.63. The Labute approximate surface area is 127 Å². The highest BCUT2D eigenvalue weighted by Crippen LogP contribution is 2.23. The van der Waals surface area contributed by atoms with Crippen LogP contribution in [0.1, 0.15) is 23.6 Å². The molecule has 1 unspecified atom stereocenters. The monoisotopic (exact) mass is 281 g/mol. The van der Waals surface area contributed by atoms with Crippen LogP contribution in [0.25, 0.3) is 0 Å². The van der Waals surface area contributed by atoms with Crippen molar-refractivity contribution in [2.24, 2.45) is 0 Å². The number of rotatable bonds is 3. The van der Waals surface area contributed by atoms with Gasteiger partial charge < -0.3 is 5.11 Å². The molecule has 110 valence electrons. The van der Waals surface area contributed by atoms with Gasteiger partial charge in [-0.3, -0.25) is 4.90 Å². The van der Waals surface area contributed by atoms with Gasteiger partial charge in [-0.05, 0) is 36.5 Å². The van der Waals surface area contributed by atoms with Crippen LogP contribution in [0.4, 0.5) is 0 Å². The molecule has 0 fully saturated rings. The maximum atomic E-state index is 10.8. The minimum atomic E-state index is -0.794. The van der Waals surface area contributed by atoms with Crippen LogP contribution in [0.3, 0.4) is 0 Å². The topological polar surface area (TPSA) is 23.5 Å². The molecular formula is C19H23NO. The maximum absolute atomic E-state index is 10.8. The fraction of sp³-hybridized carbons (Fsp3) is 0.368. The number of aliphatic hydroxyl groups is 1. The fourth-order valence-electron chi connectivity index (χ4n) is 3.20. The molecule has 0 saturated carbocycles. The first-order chi connectivity index (χ1) is 10.1. The molecule has 21 heavy (non-hydrogen) atoms. The predicted molar refractivity (Wildman–Crippen MR) is 86.3 cm³/mol. The summed E-state index contributed by atoms with van der Waals surface area (Å²) in [6.07, 6.45) is 2.14. The Kier molecular flexibility index (Phi) is 4.09. The molecule has 0 radical (unpaired) electrons. The van der Waals surface area contributed by atoms with E-state index in [-0.39, 0.29) is 0 Å². The minimum absolute atomic E-state index is 0.686. The summed E-state index contributed by atoms with van der Waals surface area (Å²) >= 11 is 0. The second-order valence-electron chi connectivity index (χ2n) is 6.18. The average Bonchev–Trinajstić information content (AvgIpc) is 2.71. The Hall–Kier alpha value is -1.64. The van der Waals surface area contributed by atoms with E-state index >= 15 is 0 Å². The van der Waals surface area contributed by atoms with Crippen LogP contribution in [0.2, 0.25) is 0 Å². The lowest BCUT2D eigenvalue weighted by atomic mass is 9.95. The van der Waals surface area contributed by atoms with E-state index in [4.69, 9.17) is 0 Å². The Balaban J connectivity index is 1.69. The number of β-amino-alcohol motifs (C(OH)–C–C–N with tert-alkyl or cyclic N) is 1. The molecule has 1 heterocycles. The minimum Gasteiger partial charge on any atom is -0.384 e. The molecule has 1 atom stereocenters. The average molecular weight is 281 g/mol. The summed E-state index contributed by atoms with van der Waals surface area (Å²) in [5.74, 6) is 0. The third kappa shape index (κ3) is 3.34. The van der Waals surface area contributed by atoms with E-state index in [1.807, 2.05) is 37.3 Å². The van der Waals surface area contributed by atoms with Gasteiger partial charge in [-0.2, -0.15) is 0 Å². The van der Waals surface area contributed by atoms with Gasteiger partial charge >= 0.3 is 0 Å². The summed E-state index contributed by atoms with van der Waals surface area (Å²) in [6, 6.07) is 18.7. The lowest BCUT2D eigenvalue weighted by Crippen LogP contribution is -2.40. The van der Waals surface area contributed by atoms with E-state index in [0.717, 1.165) is 31.5 Å². The Morgan fingerprint density at radius 3 is 2.00 bits per heavy atom. The van der Waals surface area contributed by atoms with Crippen LogP contribution in [-0.2, 0) is 18.4 Å². The van der Waals surface area contributed by atoms with Crippen LogP contribution in [0, 0.1) is 0 Å². The molecule has 2 aromatic carbocycles. The summed E-state index contributed by atoms with van der Waals surface area (Å²) in [7, 11) is 0. The van der Waals surface area contributed by atoms with Gasteiger partial charge in [-0.25, -0.2) is 0 Å². The molecule has 2 aromatic rings. The molecule has 0 aromatic heterocycles. The highest BCUT2D eigenvalue weighted by molar-refractivity contribution is 5.29. The van der Waals surface area contributed by atoms with Gasteiger partial charge in [-0.15, -0.1) is 0 Å². The molecule has 0 bridgehead atoms. The van der Waals surface area contributed by atoms with Crippen molar-refractivity contribution < 1.29 is 5.11 Å². The van der Waals surface area contributed by atoms with Crippen molar-refractivity contribution in [1.82, 2.24) is 4.90 Å². The van der Waals surface area contributed by atoms with E-state index in [0.29, 0.717) is 6.54 Å². The first-order valence-electron chi connectivity index (χ1n) is 7.72. The van der Waals surface area contributed by atoms with E-state index in [1.165, 1.54) is 11.1 Å². The molecule has 1 aliphatic heterocycles. The molecule has 0 saturated heterocycles. The Bertz CT molecular complexity index is 565. The maximum Gasteiger partial charge on any atom is 0.0994 e. The van der Waals surface area contributed by atoms with Gasteiger partial charge in [0.2, 0.25) is 0 Å². The number of hydrogen-bond donors (Lipinski definition) is 1. The van der Waals surface area contributed by atoms with Gasteiger partial charge in [0.05, 0.1) is 5.60 Å². The molecule has 3 rings (SSSR count). The lowest BCUT2D eigenvalue weighted by molar-refractivity contribution is 0.0170. The van der Waals surface area contributed by atoms with E-state index in [2.05, 4.69) is 29.2 Å². The van der Waals surface area contributed by atoms with Crippen LogP contribution < -0.4 is 0 Å². The number of nitrogens with zero attached hydrogens (tertiary/aromatic N) is 1. The first-order valence-corrected chi connectivity index (χ1v) is 7.72. The third-order valence-corrected chi connectivity index (χ3v) is 4.44. The molecule has 0 aliphatic carbocycles. The summed E-state index contributed by atoms with van der Waals surface area (Å²) < 4.78 is 0. The molecule has 0 amide bonds. The van der Waals surface area contributed by atoms with Crippen LogP contribution in [-0.4, -0.2) is 29.6 Å². The van der Waals surface area contributed by atoms with E-state index in [1.54, 1.807) is 0 Å². The smallest absolute Gasteiger partial charge is 0.0994 e. The van der Waals surface area contributed by atoms with E-state index in [9.17, 15) is 5.11 Å². The molecule has 2 nitrogen and oxygen atoms in total. The van der Waals surface area contributed by atoms with Crippen molar-refractivity contribution in [3.05, 3.63) is 71.3 Å². The highest BCUT2D eigenvalue weighted by atomic mass is 16.3. The molecule has 1 aliphatic rings. The van der Waals surface area contributed by atoms with Crippen molar-refractivity contribution >= 4 is 0 Å². The van der Waals surface area contributed by atoms with E-state index < -0.39 is 5.60 Å². The first kappa shape index (κ1) is 14.3. The van der Waals surface area contributed by atoms with Crippen molar-refractivity contribution in [2.75, 3.05) is 19.6 Å². The van der Waals surface area contributed by atoms with Gasteiger partial charge in [0.25, 0.3) is 0 Å². The third-order valence-electron chi connectivity index (χ3n) is 4.44. The number of benzene rings is 2. The van der Waals surface area contributed by atoms with Gasteiger partial charge in [0, 0.05) is 19.6 Å². The zero-order valence-electron chi connectivity index (χ0n) is 12.6. The van der Waals surface area contributed by atoms with Crippen molar-refractivity contribution in [3.63, 3.8) is 0 Å². The normalized spacial score (nSPS) is 18.6. The van der Waals surface area contributed by atoms with Crippen molar-refractivity contribution in [2.45, 2.75) is 25.4 Å². The van der Waals surface area contributed by atoms with Gasteiger partial charge in [-0.1, -0.05) is 54.6 Å². The van der Waals surface area contributed by atoms with Gasteiger partial charge in [0.15, 0.2) is 0 Å². The van der Waals surface area contributed by atoms with Crippen LogP contribution >= 0.6 is 0 Å². The largest absolute Gasteiger partial charge is 0.384 e. The second kappa shape index (κ2) is 6.00. The highest BCUT2D eigenvalue weighted by Gasteiger charge is 2.26. The quantitative estimate of drug-likeness (QED) is 0.935. The van der Waals surface area contributed by atoms with Crippen LogP contribution in [0.5, 0.6) is 0 Å².